The zero-order valence-corrected chi connectivity index (χ0v) is 22.8. The molecular weight excluding hydrogens is 547 g/mol. The number of aliphatic hydroxyl groups is 2. The summed E-state index contributed by atoms with van der Waals surface area (Å²) in [7, 11) is 0. The minimum Gasteiger partial charge on any atom is -0.462 e. The summed E-state index contributed by atoms with van der Waals surface area (Å²) >= 11 is 0.684. The Bertz CT molecular complexity index is 1230. The van der Waals surface area contributed by atoms with Gasteiger partial charge in [-0.3, -0.25) is 38.6 Å². The van der Waals surface area contributed by atoms with E-state index in [9.17, 15) is 38.8 Å². The van der Waals surface area contributed by atoms with E-state index in [-0.39, 0.29) is 12.2 Å². The van der Waals surface area contributed by atoms with E-state index in [1.807, 2.05) is 4.98 Å². The summed E-state index contributed by atoms with van der Waals surface area (Å²) in [6.45, 7) is 1.31. The van der Waals surface area contributed by atoms with Crippen molar-refractivity contribution in [3.05, 3.63) is 33.1 Å². The fraction of sp³-hybridized carbons (Fsp3) is 0.667. The molecule has 7 atom stereocenters. The average molecular weight is 579 g/mol. The summed E-state index contributed by atoms with van der Waals surface area (Å²) in [5.74, 6) is -2.56. The molecule has 212 valence electrons. The fourth-order valence-corrected chi connectivity index (χ4v) is 7.85. The maximum absolute atomic E-state index is 13.7. The topological polar surface area (TPSA) is 215 Å². The van der Waals surface area contributed by atoms with Gasteiger partial charge in [-0.1, -0.05) is 11.4 Å². The van der Waals surface area contributed by atoms with Crippen molar-refractivity contribution in [2.45, 2.75) is 70.3 Å². The highest BCUT2D eigenvalue weighted by Crippen LogP contribution is 2.57. The van der Waals surface area contributed by atoms with Crippen LogP contribution in [-0.4, -0.2) is 79.9 Å². The SMILES string of the molecule is CC(C)OC(=O)[C@@H](C)N[P@](=O)(OC[C@H]1OC(n2ccc(=O)[nH]c2=O)[C@](C)(O)[C@@H]1O)SCC1CC(=O)NC1=O. The molecule has 0 aromatic carbocycles. The second-order valence-corrected chi connectivity index (χ2v) is 13.8. The number of carbonyl (C=O) groups excluding carboxylic acids is 3. The monoisotopic (exact) mass is 578 g/mol. The summed E-state index contributed by atoms with van der Waals surface area (Å²) in [6.07, 6.45) is -3.78. The Morgan fingerprint density at radius 2 is 2.03 bits per heavy atom. The number of aromatic amines is 1. The van der Waals surface area contributed by atoms with Crippen LogP contribution in [0.2, 0.25) is 0 Å². The summed E-state index contributed by atoms with van der Waals surface area (Å²) in [4.78, 5) is 61.4. The van der Waals surface area contributed by atoms with E-state index in [2.05, 4.69) is 10.4 Å². The number of aromatic nitrogens is 2. The van der Waals surface area contributed by atoms with Gasteiger partial charge in [-0.2, -0.15) is 0 Å². The van der Waals surface area contributed by atoms with E-state index in [1.165, 1.54) is 13.8 Å². The molecular formula is C21H31N4O11PS. The molecule has 2 fully saturated rings. The number of imide groups is 1. The standard InChI is InChI=1S/C21H31N4O11PS/c1-10(2)35-18(30)11(3)24-37(33,38-9-12-7-15(27)22-17(12)29)34-8-13-16(28)21(4,32)19(36-13)25-6-5-14(26)23-20(25)31/h5-6,10-13,16,19,28,32H,7-9H2,1-4H3,(H,24,33)(H,22,27,29)(H,23,26,31)/t11-,12?,13-,16-,19?,21-,37+/m1/s1. The van der Waals surface area contributed by atoms with Crippen LogP contribution >= 0.6 is 18.1 Å². The van der Waals surface area contributed by atoms with Gasteiger partial charge in [-0.05, 0) is 27.7 Å². The largest absolute Gasteiger partial charge is 0.462 e. The molecule has 0 saturated carbocycles. The highest BCUT2D eigenvalue weighted by molar-refractivity contribution is 8.56. The van der Waals surface area contributed by atoms with E-state index < -0.39 is 84.5 Å². The van der Waals surface area contributed by atoms with Crippen LogP contribution in [0.5, 0.6) is 0 Å². The van der Waals surface area contributed by atoms with Crippen molar-refractivity contribution in [2.24, 2.45) is 5.92 Å². The zero-order chi connectivity index (χ0) is 28.4. The Morgan fingerprint density at radius 1 is 1.34 bits per heavy atom. The summed E-state index contributed by atoms with van der Waals surface area (Å²) < 4.78 is 31.0. The third-order valence-corrected chi connectivity index (χ3v) is 10.0. The Balaban J connectivity index is 1.76. The van der Waals surface area contributed by atoms with Crippen LogP contribution in [-0.2, 0) is 32.9 Å². The van der Waals surface area contributed by atoms with Crippen molar-refractivity contribution >= 4 is 35.9 Å². The number of esters is 1. The van der Waals surface area contributed by atoms with Crippen molar-refractivity contribution in [2.75, 3.05) is 12.4 Å². The van der Waals surface area contributed by atoms with Gasteiger partial charge in [-0.25, -0.2) is 9.88 Å². The Kier molecular flexibility index (Phi) is 9.40. The van der Waals surface area contributed by atoms with Crippen LogP contribution in [0.1, 0.15) is 40.3 Å². The second kappa shape index (κ2) is 11.8. The number of rotatable bonds is 11. The first kappa shape index (κ1) is 30.2. The van der Waals surface area contributed by atoms with E-state index in [0.29, 0.717) is 11.4 Å². The van der Waals surface area contributed by atoms with Gasteiger partial charge < -0.3 is 24.2 Å². The van der Waals surface area contributed by atoms with Crippen molar-refractivity contribution in [1.29, 1.82) is 0 Å². The first-order valence-electron chi connectivity index (χ1n) is 11.7. The molecule has 0 radical (unpaired) electrons. The summed E-state index contributed by atoms with van der Waals surface area (Å²) in [5, 5.41) is 26.3. The third-order valence-electron chi connectivity index (χ3n) is 5.84. The fourth-order valence-electron chi connectivity index (χ4n) is 3.83. The van der Waals surface area contributed by atoms with E-state index >= 15 is 0 Å². The number of aliphatic hydroxyl groups excluding tert-OH is 1. The lowest BCUT2D eigenvalue weighted by Gasteiger charge is -2.27. The average Bonchev–Trinajstić information content (AvgIpc) is 3.25. The number of nitrogens with zero attached hydrogens (tertiary/aromatic N) is 1. The van der Waals surface area contributed by atoms with Crippen LogP contribution in [0, 0.1) is 5.92 Å². The molecule has 3 rings (SSSR count). The molecule has 38 heavy (non-hydrogen) atoms. The van der Waals surface area contributed by atoms with Gasteiger partial charge in [-0.15, -0.1) is 0 Å². The Morgan fingerprint density at radius 3 is 2.61 bits per heavy atom. The first-order valence-corrected chi connectivity index (χ1v) is 14.9. The normalized spacial score (nSPS) is 29.8. The van der Waals surface area contributed by atoms with E-state index in [1.54, 1.807) is 13.8 Å². The molecule has 1 aromatic rings. The van der Waals surface area contributed by atoms with Gasteiger partial charge in [0, 0.05) is 24.4 Å². The molecule has 0 bridgehead atoms. The predicted molar refractivity (Wildman–Crippen MR) is 133 cm³/mol. The first-order chi connectivity index (χ1) is 17.6. The quantitative estimate of drug-likeness (QED) is 0.121. The highest BCUT2D eigenvalue weighted by Gasteiger charge is 2.54. The number of hydrogen-bond acceptors (Lipinski definition) is 12. The van der Waals surface area contributed by atoms with Crippen LogP contribution in [0.15, 0.2) is 21.9 Å². The number of amides is 2. The van der Waals surface area contributed by atoms with Crippen LogP contribution in [0.3, 0.4) is 0 Å². The molecule has 3 heterocycles. The number of hydrogen-bond donors (Lipinski definition) is 5. The number of H-pyrrole nitrogens is 1. The van der Waals surface area contributed by atoms with Gasteiger partial charge in [0.25, 0.3) is 5.56 Å². The maximum Gasteiger partial charge on any atom is 0.330 e. The van der Waals surface area contributed by atoms with Gasteiger partial charge in [0.1, 0.15) is 23.9 Å². The zero-order valence-electron chi connectivity index (χ0n) is 21.1. The predicted octanol–water partition coefficient (Wildman–Crippen LogP) is -1.00. The maximum atomic E-state index is 13.7. The van der Waals surface area contributed by atoms with E-state index in [0.717, 1.165) is 16.8 Å². The summed E-state index contributed by atoms with van der Waals surface area (Å²) in [6, 6.07) is -0.0624. The van der Waals surface area contributed by atoms with Crippen molar-refractivity contribution in [1.82, 2.24) is 20.0 Å². The molecule has 0 aliphatic carbocycles. The molecule has 2 saturated heterocycles. The Hall–Kier alpha value is -2.33. The van der Waals surface area contributed by atoms with Gasteiger partial charge >= 0.3 is 18.4 Å². The van der Waals surface area contributed by atoms with Crippen molar-refractivity contribution in [3.63, 3.8) is 0 Å². The lowest BCUT2D eigenvalue weighted by atomic mass is 9.96. The molecule has 2 aliphatic rings. The summed E-state index contributed by atoms with van der Waals surface area (Å²) in [5.41, 5.74) is -3.57. The molecule has 2 unspecified atom stereocenters. The lowest BCUT2D eigenvalue weighted by molar-refractivity contribution is -0.149. The van der Waals surface area contributed by atoms with Gasteiger partial charge in [0.05, 0.1) is 18.6 Å². The van der Waals surface area contributed by atoms with E-state index in [4.69, 9.17) is 14.0 Å². The molecule has 2 aliphatic heterocycles. The number of nitrogens with one attached hydrogen (secondary N) is 3. The van der Waals surface area contributed by atoms with Crippen molar-refractivity contribution in [3.8, 4) is 0 Å². The molecule has 17 heteroatoms. The van der Waals surface area contributed by atoms with Crippen LogP contribution in [0.4, 0.5) is 0 Å². The molecule has 15 nitrogen and oxygen atoms in total. The lowest BCUT2D eigenvalue weighted by Crippen LogP contribution is -2.47. The number of carbonyl (C=O) groups is 3. The minimum atomic E-state index is -4.01. The van der Waals surface area contributed by atoms with Crippen molar-refractivity contribution < 1.29 is 43.2 Å². The minimum absolute atomic E-state index is 0.0883. The number of ether oxygens (including phenoxy) is 2. The molecule has 0 spiro atoms. The molecule has 1 aromatic heterocycles. The molecule has 5 N–H and O–H groups in total. The Labute approximate surface area is 220 Å². The smallest absolute Gasteiger partial charge is 0.330 e. The van der Waals surface area contributed by atoms with Gasteiger partial charge in [0.15, 0.2) is 6.23 Å². The van der Waals surface area contributed by atoms with Crippen LogP contribution < -0.4 is 21.7 Å². The molecule has 2 amide bonds. The van der Waals surface area contributed by atoms with Gasteiger partial charge in [0.2, 0.25) is 11.8 Å². The van der Waals surface area contributed by atoms with Crippen LogP contribution in [0.25, 0.3) is 0 Å². The second-order valence-electron chi connectivity index (χ2n) is 9.45. The highest BCUT2D eigenvalue weighted by atomic mass is 32.7. The third kappa shape index (κ3) is 7.00.